The second-order valence-corrected chi connectivity index (χ2v) is 8.08. The van der Waals surface area contributed by atoms with Crippen LogP contribution in [0.5, 0.6) is 0 Å². The molecule has 2 aromatic rings. The zero-order valence-electron chi connectivity index (χ0n) is 13.6. The monoisotopic (exact) mass is 380 g/mol. The Morgan fingerprint density at radius 2 is 1.76 bits per heavy atom. The third kappa shape index (κ3) is 4.39. The molecule has 1 aliphatic rings. The topological polar surface area (TPSA) is 89.3 Å². The first kappa shape index (κ1) is 19.4. The van der Waals surface area contributed by atoms with E-state index in [0.717, 1.165) is 5.56 Å². The number of hydrogen-bond donors (Lipinski definition) is 2. The van der Waals surface area contributed by atoms with E-state index in [1.165, 1.54) is 0 Å². The maximum atomic E-state index is 12.4. The van der Waals surface area contributed by atoms with Gasteiger partial charge in [-0.05, 0) is 30.0 Å². The molecule has 0 radical (unpaired) electrons. The molecular formula is C18H21ClN2O3S. The summed E-state index contributed by atoms with van der Waals surface area (Å²) in [7, 11) is -3.26. The van der Waals surface area contributed by atoms with Gasteiger partial charge in [0.05, 0.1) is 22.7 Å². The van der Waals surface area contributed by atoms with Crippen molar-refractivity contribution in [1.82, 2.24) is 5.32 Å². The van der Waals surface area contributed by atoms with Crippen LogP contribution in [-0.2, 0) is 21.1 Å². The quantitative estimate of drug-likeness (QED) is 0.849. The molecule has 2 unspecified atom stereocenters. The minimum absolute atomic E-state index is 0. The van der Waals surface area contributed by atoms with Gasteiger partial charge in [-0.3, -0.25) is 4.79 Å². The van der Waals surface area contributed by atoms with Gasteiger partial charge in [-0.15, -0.1) is 12.4 Å². The molecule has 7 heteroatoms. The van der Waals surface area contributed by atoms with Crippen molar-refractivity contribution in [3.05, 3.63) is 65.7 Å². The van der Waals surface area contributed by atoms with Gasteiger partial charge in [0.1, 0.15) is 0 Å². The SMILES string of the molecule is Cl.NC(Cc1ccccc1)C(=O)NC1CCS(=O)(=O)c2ccccc21. The summed E-state index contributed by atoms with van der Waals surface area (Å²) in [4.78, 5) is 12.7. The molecule has 1 aliphatic heterocycles. The first-order valence-electron chi connectivity index (χ1n) is 7.89. The summed E-state index contributed by atoms with van der Waals surface area (Å²) in [5.41, 5.74) is 7.64. The molecule has 134 valence electrons. The van der Waals surface area contributed by atoms with Gasteiger partial charge in [-0.25, -0.2) is 8.42 Å². The minimum atomic E-state index is -3.26. The van der Waals surface area contributed by atoms with E-state index in [1.54, 1.807) is 24.3 Å². The molecule has 0 bridgehead atoms. The van der Waals surface area contributed by atoms with Crippen molar-refractivity contribution in [2.24, 2.45) is 5.73 Å². The number of sulfone groups is 1. The van der Waals surface area contributed by atoms with Crippen LogP contribution in [0, 0.1) is 0 Å². The number of benzene rings is 2. The maximum Gasteiger partial charge on any atom is 0.237 e. The highest BCUT2D eigenvalue weighted by molar-refractivity contribution is 7.91. The van der Waals surface area contributed by atoms with Gasteiger partial charge in [-0.2, -0.15) is 0 Å². The first-order valence-corrected chi connectivity index (χ1v) is 9.54. The zero-order chi connectivity index (χ0) is 17.2. The van der Waals surface area contributed by atoms with Crippen LogP contribution < -0.4 is 11.1 Å². The maximum absolute atomic E-state index is 12.4. The normalized spacial score (nSPS) is 19.2. The van der Waals surface area contributed by atoms with Crippen LogP contribution in [0.3, 0.4) is 0 Å². The van der Waals surface area contributed by atoms with Crippen molar-refractivity contribution >= 4 is 28.2 Å². The van der Waals surface area contributed by atoms with Gasteiger partial charge in [0, 0.05) is 0 Å². The molecule has 0 spiro atoms. The highest BCUT2D eigenvalue weighted by Crippen LogP contribution is 2.31. The van der Waals surface area contributed by atoms with E-state index >= 15 is 0 Å². The molecule has 2 atom stereocenters. The summed E-state index contributed by atoms with van der Waals surface area (Å²) in [5, 5.41) is 2.90. The highest BCUT2D eigenvalue weighted by atomic mass is 35.5. The molecule has 0 fully saturated rings. The van der Waals surface area contributed by atoms with E-state index in [0.29, 0.717) is 23.3 Å². The molecule has 1 heterocycles. The van der Waals surface area contributed by atoms with Crippen molar-refractivity contribution in [2.45, 2.75) is 29.8 Å². The van der Waals surface area contributed by atoms with Gasteiger partial charge in [0.15, 0.2) is 9.84 Å². The van der Waals surface area contributed by atoms with Crippen LogP contribution in [0.1, 0.15) is 23.6 Å². The van der Waals surface area contributed by atoms with Crippen molar-refractivity contribution < 1.29 is 13.2 Å². The van der Waals surface area contributed by atoms with E-state index in [-0.39, 0.29) is 30.1 Å². The first-order chi connectivity index (χ1) is 11.5. The Balaban J connectivity index is 0.00000225. The van der Waals surface area contributed by atoms with E-state index in [4.69, 9.17) is 5.73 Å². The van der Waals surface area contributed by atoms with Crippen molar-refractivity contribution in [1.29, 1.82) is 0 Å². The standard InChI is InChI=1S/C18H20N2O3S.ClH/c19-15(12-13-6-2-1-3-7-13)18(21)20-16-10-11-24(22,23)17-9-5-4-8-14(16)17;/h1-9,15-16H,10-12,19H2,(H,20,21);1H. The summed E-state index contributed by atoms with van der Waals surface area (Å²) in [6.45, 7) is 0. The van der Waals surface area contributed by atoms with Crippen LogP contribution in [0.4, 0.5) is 0 Å². The lowest BCUT2D eigenvalue weighted by Crippen LogP contribution is -2.44. The molecule has 5 nitrogen and oxygen atoms in total. The van der Waals surface area contributed by atoms with Crippen molar-refractivity contribution in [3.63, 3.8) is 0 Å². The van der Waals surface area contributed by atoms with Crippen molar-refractivity contribution in [2.75, 3.05) is 5.75 Å². The van der Waals surface area contributed by atoms with Gasteiger partial charge < -0.3 is 11.1 Å². The number of halogens is 1. The average Bonchev–Trinajstić information content (AvgIpc) is 2.58. The van der Waals surface area contributed by atoms with Crippen LogP contribution in [-0.4, -0.2) is 26.1 Å². The lowest BCUT2D eigenvalue weighted by molar-refractivity contribution is -0.123. The summed E-state index contributed by atoms with van der Waals surface area (Å²) in [6, 6.07) is 15.4. The predicted octanol–water partition coefficient (Wildman–Crippen LogP) is 2.01. The van der Waals surface area contributed by atoms with E-state index < -0.39 is 15.9 Å². The minimum Gasteiger partial charge on any atom is -0.348 e. The summed E-state index contributed by atoms with van der Waals surface area (Å²) >= 11 is 0. The molecule has 25 heavy (non-hydrogen) atoms. The molecule has 0 saturated heterocycles. The molecule has 1 amide bonds. The molecule has 0 aromatic heterocycles. The van der Waals surface area contributed by atoms with Crippen LogP contribution in [0.2, 0.25) is 0 Å². The van der Waals surface area contributed by atoms with Gasteiger partial charge >= 0.3 is 0 Å². The number of fused-ring (bicyclic) bond motifs is 1. The van der Waals surface area contributed by atoms with Gasteiger partial charge in [0.2, 0.25) is 5.91 Å². The molecule has 2 aromatic carbocycles. The van der Waals surface area contributed by atoms with Crippen LogP contribution in [0.25, 0.3) is 0 Å². The number of amides is 1. The fourth-order valence-electron chi connectivity index (χ4n) is 2.98. The molecule has 3 rings (SSSR count). The summed E-state index contributed by atoms with van der Waals surface area (Å²) < 4.78 is 24.3. The summed E-state index contributed by atoms with van der Waals surface area (Å²) in [5.74, 6) is -0.235. The Bertz CT molecular complexity index is 840. The molecule has 0 saturated carbocycles. The number of carbonyl (C=O) groups is 1. The van der Waals surface area contributed by atoms with Crippen molar-refractivity contribution in [3.8, 4) is 0 Å². The lowest BCUT2D eigenvalue weighted by atomic mass is 10.0. The number of carbonyl (C=O) groups excluding carboxylic acids is 1. The van der Waals surface area contributed by atoms with Crippen LogP contribution >= 0.6 is 12.4 Å². The lowest BCUT2D eigenvalue weighted by Gasteiger charge is -2.27. The van der Waals surface area contributed by atoms with E-state index in [1.807, 2.05) is 30.3 Å². The zero-order valence-corrected chi connectivity index (χ0v) is 15.2. The third-order valence-corrected chi connectivity index (χ3v) is 6.07. The Morgan fingerprint density at radius 3 is 2.48 bits per heavy atom. The molecule has 3 N–H and O–H groups in total. The Kier molecular flexibility index (Phi) is 6.21. The second kappa shape index (κ2) is 7.99. The largest absolute Gasteiger partial charge is 0.348 e. The number of hydrogen-bond acceptors (Lipinski definition) is 4. The Morgan fingerprint density at radius 1 is 1.12 bits per heavy atom. The van der Waals surface area contributed by atoms with Crippen LogP contribution in [0.15, 0.2) is 59.5 Å². The van der Waals surface area contributed by atoms with Gasteiger partial charge in [0.25, 0.3) is 0 Å². The summed E-state index contributed by atoms with van der Waals surface area (Å²) in [6.07, 6.45) is 0.808. The molecule has 0 aliphatic carbocycles. The number of nitrogens with one attached hydrogen (secondary N) is 1. The third-order valence-electron chi connectivity index (χ3n) is 4.26. The van der Waals surface area contributed by atoms with E-state index in [9.17, 15) is 13.2 Å². The average molecular weight is 381 g/mol. The molecular weight excluding hydrogens is 360 g/mol. The van der Waals surface area contributed by atoms with E-state index in [2.05, 4.69) is 5.32 Å². The fourth-order valence-corrected chi connectivity index (χ4v) is 4.60. The Hall–Kier alpha value is -1.89. The fraction of sp³-hybridized carbons (Fsp3) is 0.278. The number of nitrogens with two attached hydrogens (primary N) is 1. The Labute approximate surface area is 154 Å². The predicted molar refractivity (Wildman–Crippen MR) is 99.4 cm³/mol. The second-order valence-electron chi connectivity index (χ2n) is 6.00. The highest BCUT2D eigenvalue weighted by Gasteiger charge is 2.31. The van der Waals surface area contributed by atoms with Gasteiger partial charge in [-0.1, -0.05) is 48.5 Å². The number of rotatable bonds is 4. The smallest absolute Gasteiger partial charge is 0.237 e.